The van der Waals surface area contributed by atoms with Crippen LogP contribution in [0.2, 0.25) is 0 Å². The van der Waals surface area contributed by atoms with E-state index in [1.54, 1.807) is 13.8 Å². The summed E-state index contributed by atoms with van der Waals surface area (Å²) in [6.07, 6.45) is -5.23. The van der Waals surface area contributed by atoms with Gasteiger partial charge in [0.2, 0.25) is 0 Å². The van der Waals surface area contributed by atoms with Crippen molar-refractivity contribution in [2.45, 2.75) is 32.5 Å². The predicted octanol–water partition coefficient (Wildman–Crippen LogP) is 1.78. The number of hydrogen-bond donors (Lipinski definition) is 1. The van der Waals surface area contributed by atoms with Crippen molar-refractivity contribution in [2.75, 3.05) is 19.8 Å². The second-order valence-electron chi connectivity index (χ2n) is 3.53. The summed E-state index contributed by atoms with van der Waals surface area (Å²) in [5, 5.41) is 8.58. The number of carbonyl (C=O) groups is 1. The Hall–Kier alpha value is -0.980. The van der Waals surface area contributed by atoms with E-state index in [9.17, 15) is 18.0 Å². The van der Waals surface area contributed by atoms with Crippen molar-refractivity contribution in [3.63, 3.8) is 0 Å². The Bertz CT molecular complexity index is 219. The SMILES string of the molecule is CC(C)N(CCCO)C(=O)OCC(F)(F)F. The largest absolute Gasteiger partial charge is 0.440 e. The number of nitrogens with zero attached hydrogens (tertiary/aromatic N) is 1. The van der Waals surface area contributed by atoms with Gasteiger partial charge in [0.25, 0.3) is 0 Å². The van der Waals surface area contributed by atoms with E-state index in [0.717, 1.165) is 4.90 Å². The molecular weight excluding hydrogens is 227 g/mol. The summed E-state index contributed by atoms with van der Waals surface area (Å²) in [4.78, 5) is 12.4. The van der Waals surface area contributed by atoms with Crippen LogP contribution in [0.25, 0.3) is 0 Å². The fourth-order valence-corrected chi connectivity index (χ4v) is 1.03. The van der Waals surface area contributed by atoms with Crippen molar-refractivity contribution in [2.24, 2.45) is 0 Å². The molecule has 0 aliphatic heterocycles. The lowest BCUT2D eigenvalue weighted by Crippen LogP contribution is -2.39. The van der Waals surface area contributed by atoms with Gasteiger partial charge in [-0.15, -0.1) is 0 Å². The molecule has 0 saturated heterocycles. The molecule has 0 unspecified atom stereocenters. The van der Waals surface area contributed by atoms with Crippen LogP contribution in [0, 0.1) is 0 Å². The average molecular weight is 243 g/mol. The molecule has 0 atom stereocenters. The first-order chi connectivity index (χ1) is 7.28. The summed E-state index contributed by atoms with van der Waals surface area (Å²) >= 11 is 0. The quantitative estimate of drug-likeness (QED) is 0.800. The first-order valence-electron chi connectivity index (χ1n) is 4.89. The number of ether oxygens (including phenoxy) is 1. The molecule has 0 radical (unpaired) electrons. The zero-order chi connectivity index (χ0) is 12.8. The second kappa shape index (κ2) is 6.57. The van der Waals surface area contributed by atoms with E-state index in [4.69, 9.17) is 5.11 Å². The Morgan fingerprint density at radius 1 is 1.44 bits per heavy atom. The maximum absolute atomic E-state index is 11.8. The molecule has 0 aromatic rings. The molecule has 0 aliphatic carbocycles. The minimum Gasteiger partial charge on any atom is -0.440 e. The highest BCUT2D eigenvalue weighted by Crippen LogP contribution is 2.15. The van der Waals surface area contributed by atoms with Crippen molar-refractivity contribution in [1.82, 2.24) is 4.90 Å². The van der Waals surface area contributed by atoms with E-state index in [1.807, 2.05) is 0 Å². The molecule has 4 nitrogen and oxygen atoms in total. The summed E-state index contributed by atoms with van der Waals surface area (Å²) in [5.74, 6) is 0. The fraction of sp³-hybridized carbons (Fsp3) is 0.889. The minimum atomic E-state index is -4.52. The zero-order valence-corrected chi connectivity index (χ0v) is 9.25. The Balaban J connectivity index is 4.17. The van der Waals surface area contributed by atoms with Crippen LogP contribution in [0.4, 0.5) is 18.0 Å². The molecule has 7 heteroatoms. The predicted molar refractivity (Wildman–Crippen MR) is 50.9 cm³/mol. The molecule has 1 N–H and O–H groups in total. The molecule has 0 aliphatic rings. The molecular formula is C9H16F3NO3. The van der Waals surface area contributed by atoms with Gasteiger partial charge in [0.15, 0.2) is 6.61 Å². The van der Waals surface area contributed by atoms with Gasteiger partial charge in [-0.3, -0.25) is 0 Å². The van der Waals surface area contributed by atoms with Crippen molar-refractivity contribution in [3.8, 4) is 0 Å². The number of hydrogen-bond acceptors (Lipinski definition) is 3. The van der Waals surface area contributed by atoms with Crippen LogP contribution in [-0.4, -0.2) is 48.1 Å². The van der Waals surface area contributed by atoms with Crippen LogP contribution in [-0.2, 0) is 4.74 Å². The van der Waals surface area contributed by atoms with Gasteiger partial charge in [0.05, 0.1) is 0 Å². The van der Waals surface area contributed by atoms with Crippen molar-refractivity contribution in [1.29, 1.82) is 0 Å². The molecule has 0 fully saturated rings. The summed E-state index contributed by atoms with van der Waals surface area (Å²) in [6.45, 7) is 1.77. The van der Waals surface area contributed by atoms with Crippen LogP contribution < -0.4 is 0 Å². The minimum absolute atomic E-state index is 0.129. The Kier molecular flexibility index (Phi) is 6.17. The number of amides is 1. The first-order valence-corrected chi connectivity index (χ1v) is 4.89. The van der Waals surface area contributed by atoms with Gasteiger partial charge in [-0.05, 0) is 20.3 Å². The van der Waals surface area contributed by atoms with Gasteiger partial charge in [-0.1, -0.05) is 0 Å². The van der Waals surface area contributed by atoms with E-state index >= 15 is 0 Å². The normalized spacial score (nSPS) is 11.7. The Labute approximate surface area is 92.0 Å². The Morgan fingerprint density at radius 3 is 2.38 bits per heavy atom. The first kappa shape index (κ1) is 15.0. The third-order valence-corrected chi connectivity index (χ3v) is 1.77. The summed E-state index contributed by atoms with van der Waals surface area (Å²) in [7, 11) is 0. The lowest BCUT2D eigenvalue weighted by atomic mass is 10.3. The van der Waals surface area contributed by atoms with E-state index in [2.05, 4.69) is 4.74 Å². The highest BCUT2D eigenvalue weighted by atomic mass is 19.4. The van der Waals surface area contributed by atoms with Gasteiger partial charge in [0, 0.05) is 19.2 Å². The van der Waals surface area contributed by atoms with Crippen molar-refractivity contribution >= 4 is 6.09 Å². The number of aliphatic hydroxyl groups excluding tert-OH is 1. The average Bonchev–Trinajstić information content (AvgIpc) is 2.13. The summed E-state index contributed by atoms with van der Waals surface area (Å²) in [6, 6.07) is -0.271. The van der Waals surface area contributed by atoms with E-state index in [1.165, 1.54) is 0 Å². The topological polar surface area (TPSA) is 49.8 Å². The standard InChI is InChI=1S/C9H16F3NO3/c1-7(2)13(4-3-5-14)8(15)16-6-9(10,11)12/h7,14H,3-6H2,1-2H3. The highest BCUT2D eigenvalue weighted by Gasteiger charge is 2.31. The Morgan fingerprint density at radius 2 is 2.00 bits per heavy atom. The lowest BCUT2D eigenvalue weighted by Gasteiger charge is -2.25. The van der Waals surface area contributed by atoms with Crippen LogP contribution in [0.3, 0.4) is 0 Å². The maximum Gasteiger partial charge on any atom is 0.422 e. The molecule has 96 valence electrons. The van der Waals surface area contributed by atoms with Gasteiger partial charge < -0.3 is 14.7 Å². The molecule has 0 aromatic carbocycles. The van der Waals surface area contributed by atoms with Crippen LogP contribution in [0.1, 0.15) is 20.3 Å². The van der Waals surface area contributed by atoms with Gasteiger partial charge in [-0.2, -0.15) is 13.2 Å². The van der Waals surface area contributed by atoms with Crippen LogP contribution >= 0.6 is 0 Å². The van der Waals surface area contributed by atoms with Crippen molar-refractivity contribution < 1.29 is 27.8 Å². The van der Waals surface area contributed by atoms with E-state index in [-0.39, 0.29) is 19.2 Å². The van der Waals surface area contributed by atoms with Gasteiger partial charge in [-0.25, -0.2) is 4.79 Å². The lowest BCUT2D eigenvalue weighted by molar-refractivity contribution is -0.162. The van der Waals surface area contributed by atoms with Crippen LogP contribution in [0.5, 0.6) is 0 Å². The zero-order valence-electron chi connectivity index (χ0n) is 9.25. The smallest absolute Gasteiger partial charge is 0.422 e. The number of halogens is 3. The van der Waals surface area contributed by atoms with Crippen LogP contribution in [0.15, 0.2) is 0 Å². The van der Waals surface area contributed by atoms with Crippen molar-refractivity contribution in [3.05, 3.63) is 0 Å². The molecule has 1 amide bonds. The highest BCUT2D eigenvalue weighted by molar-refractivity contribution is 5.67. The maximum atomic E-state index is 11.8. The third kappa shape index (κ3) is 6.49. The molecule has 0 bridgehead atoms. The molecule has 0 rings (SSSR count). The van der Waals surface area contributed by atoms with Gasteiger partial charge >= 0.3 is 12.3 Å². The molecule has 16 heavy (non-hydrogen) atoms. The summed E-state index contributed by atoms with van der Waals surface area (Å²) in [5.41, 5.74) is 0. The number of alkyl halides is 3. The third-order valence-electron chi connectivity index (χ3n) is 1.77. The number of carbonyl (C=O) groups excluding carboxylic acids is 1. The van der Waals surface area contributed by atoms with E-state index in [0.29, 0.717) is 6.42 Å². The molecule has 0 spiro atoms. The molecule has 0 heterocycles. The monoisotopic (exact) mass is 243 g/mol. The van der Waals surface area contributed by atoms with E-state index < -0.39 is 18.9 Å². The number of rotatable bonds is 5. The summed E-state index contributed by atoms with van der Waals surface area (Å²) < 4.78 is 39.5. The van der Waals surface area contributed by atoms with Gasteiger partial charge in [0.1, 0.15) is 0 Å². The number of aliphatic hydroxyl groups is 1. The molecule has 0 aromatic heterocycles. The molecule has 0 saturated carbocycles. The second-order valence-corrected chi connectivity index (χ2v) is 3.53. The fourth-order valence-electron chi connectivity index (χ4n) is 1.03.